The number of rotatable bonds is 2. The minimum Gasteiger partial charge on any atom is -0.497 e. The number of nitrogens with zero attached hydrogens (tertiary/aromatic N) is 2. The molecule has 1 fully saturated rings. The van der Waals surface area contributed by atoms with Crippen LogP contribution in [0.1, 0.15) is 36.5 Å². The first-order valence-corrected chi connectivity index (χ1v) is 8.06. The van der Waals surface area contributed by atoms with Gasteiger partial charge in [-0.25, -0.2) is 0 Å². The van der Waals surface area contributed by atoms with Crippen molar-refractivity contribution in [2.24, 2.45) is 16.9 Å². The van der Waals surface area contributed by atoms with Gasteiger partial charge in [-0.05, 0) is 37.0 Å². The first kappa shape index (κ1) is 17.7. The molecule has 1 amide bonds. The maximum Gasteiger partial charge on any atom is 0.439 e. The van der Waals surface area contributed by atoms with Gasteiger partial charge in [-0.3, -0.25) is 4.79 Å². The molecule has 0 unspecified atom stereocenters. The lowest BCUT2D eigenvalue weighted by Gasteiger charge is -2.39. The van der Waals surface area contributed by atoms with Crippen molar-refractivity contribution in [1.82, 2.24) is 5.01 Å². The van der Waals surface area contributed by atoms with Crippen LogP contribution in [0.4, 0.5) is 13.2 Å². The quantitative estimate of drug-likeness (QED) is 0.885. The molecule has 1 aliphatic carbocycles. The number of methoxy groups -OCH3 is 1. The van der Waals surface area contributed by atoms with E-state index in [2.05, 4.69) is 5.10 Å². The summed E-state index contributed by atoms with van der Waals surface area (Å²) in [6.45, 7) is 1.77. The molecule has 3 rings (SSSR count). The molecule has 1 saturated carbocycles. The number of ether oxygens (including phenoxy) is 1. The van der Waals surface area contributed by atoms with E-state index in [0.717, 1.165) is 0 Å². The van der Waals surface area contributed by atoms with Gasteiger partial charge < -0.3 is 9.84 Å². The van der Waals surface area contributed by atoms with Gasteiger partial charge in [0.15, 0.2) is 0 Å². The number of alkyl halides is 3. The van der Waals surface area contributed by atoms with Gasteiger partial charge in [0.1, 0.15) is 5.75 Å². The Morgan fingerprint density at radius 1 is 1.40 bits per heavy atom. The number of halogens is 3. The molecule has 1 aliphatic heterocycles. The van der Waals surface area contributed by atoms with Gasteiger partial charge in [-0.1, -0.05) is 19.4 Å². The highest BCUT2D eigenvalue weighted by molar-refractivity contribution is 6.00. The third-order valence-corrected chi connectivity index (χ3v) is 4.94. The lowest BCUT2D eigenvalue weighted by molar-refractivity contribution is -0.312. The predicted octanol–water partition coefficient (Wildman–Crippen LogP) is 3.19. The number of benzene rings is 1. The summed E-state index contributed by atoms with van der Waals surface area (Å²) >= 11 is 0. The topological polar surface area (TPSA) is 62.1 Å². The van der Waals surface area contributed by atoms with E-state index in [1.54, 1.807) is 13.0 Å². The van der Waals surface area contributed by atoms with Crippen LogP contribution in [-0.4, -0.2) is 40.7 Å². The van der Waals surface area contributed by atoms with Crippen molar-refractivity contribution in [3.63, 3.8) is 0 Å². The number of hydrogen-bond acceptors (Lipinski definition) is 4. The number of hydrogen-bond donors (Lipinski definition) is 1. The van der Waals surface area contributed by atoms with Crippen LogP contribution >= 0.6 is 0 Å². The van der Waals surface area contributed by atoms with E-state index in [9.17, 15) is 23.1 Å². The van der Waals surface area contributed by atoms with Crippen LogP contribution in [0.2, 0.25) is 0 Å². The highest BCUT2D eigenvalue weighted by Crippen LogP contribution is 2.49. The van der Waals surface area contributed by atoms with Crippen molar-refractivity contribution in [2.45, 2.75) is 38.1 Å². The van der Waals surface area contributed by atoms with E-state index in [0.29, 0.717) is 18.6 Å². The van der Waals surface area contributed by atoms with Crippen molar-refractivity contribution in [3.8, 4) is 5.75 Å². The molecule has 0 bridgehead atoms. The van der Waals surface area contributed by atoms with Crippen LogP contribution in [0.15, 0.2) is 29.4 Å². The molecule has 3 atom stereocenters. The highest BCUT2D eigenvalue weighted by atomic mass is 19.4. The van der Waals surface area contributed by atoms with Crippen LogP contribution in [-0.2, 0) is 0 Å². The first-order valence-electron chi connectivity index (χ1n) is 8.06. The number of carbonyl (C=O) groups is 1. The summed E-state index contributed by atoms with van der Waals surface area (Å²) in [5.74, 6) is -2.12. The van der Waals surface area contributed by atoms with Gasteiger partial charge in [-0.2, -0.15) is 23.3 Å². The van der Waals surface area contributed by atoms with Crippen LogP contribution in [0.3, 0.4) is 0 Å². The van der Waals surface area contributed by atoms with Crippen LogP contribution < -0.4 is 4.74 Å². The number of carbonyl (C=O) groups excluding carboxylic acids is 1. The van der Waals surface area contributed by atoms with Gasteiger partial charge in [0.05, 0.1) is 13.0 Å². The monoisotopic (exact) mass is 356 g/mol. The lowest BCUT2D eigenvalue weighted by Crippen LogP contribution is -2.61. The standard InChI is InChI=1S/C17H19F3N2O3/c1-10-5-3-8-13-14(10)21-22(16(13,24)17(18,19)20)15(23)11-6-4-7-12(9-11)25-2/h4,6-7,9-10,13,24H,3,5,8H2,1-2H3/t10-,13+,16+/m1/s1. The number of fused-ring (bicyclic) bond motifs is 1. The van der Waals surface area contributed by atoms with E-state index in [1.807, 2.05) is 0 Å². The van der Waals surface area contributed by atoms with Gasteiger partial charge in [0, 0.05) is 11.3 Å². The fraction of sp³-hybridized carbons (Fsp3) is 0.529. The third-order valence-electron chi connectivity index (χ3n) is 4.94. The maximum absolute atomic E-state index is 13.8. The first-order chi connectivity index (χ1) is 11.7. The summed E-state index contributed by atoms with van der Waals surface area (Å²) in [5.41, 5.74) is -3.11. The third kappa shape index (κ3) is 2.68. The van der Waals surface area contributed by atoms with Crippen molar-refractivity contribution in [3.05, 3.63) is 29.8 Å². The summed E-state index contributed by atoms with van der Waals surface area (Å²) in [5, 5.41) is 14.7. The molecule has 1 heterocycles. The molecule has 1 N–H and O–H groups in total. The zero-order valence-corrected chi connectivity index (χ0v) is 13.9. The van der Waals surface area contributed by atoms with Crippen LogP contribution in [0.5, 0.6) is 5.75 Å². The Balaban J connectivity index is 2.06. The normalized spacial score (nSPS) is 29.2. The maximum atomic E-state index is 13.8. The molecule has 0 spiro atoms. The summed E-state index contributed by atoms with van der Waals surface area (Å²) in [6.07, 6.45) is -3.65. The average Bonchev–Trinajstić information content (AvgIpc) is 2.90. The molecule has 136 valence electrons. The Kier molecular flexibility index (Phi) is 4.26. The number of amides is 1. The van der Waals surface area contributed by atoms with Crippen molar-refractivity contribution < 1.29 is 27.8 Å². The second-order valence-electron chi connectivity index (χ2n) is 6.48. The van der Waals surface area contributed by atoms with Crippen molar-refractivity contribution >= 4 is 11.6 Å². The van der Waals surface area contributed by atoms with E-state index in [4.69, 9.17) is 4.74 Å². The molecule has 5 nitrogen and oxygen atoms in total. The summed E-state index contributed by atoms with van der Waals surface area (Å²) in [7, 11) is 1.39. The van der Waals surface area contributed by atoms with E-state index in [1.165, 1.54) is 25.3 Å². The summed E-state index contributed by atoms with van der Waals surface area (Å²) < 4.78 is 46.3. The van der Waals surface area contributed by atoms with Gasteiger partial charge in [0.25, 0.3) is 11.6 Å². The smallest absolute Gasteiger partial charge is 0.439 e. The van der Waals surface area contributed by atoms with E-state index < -0.39 is 23.7 Å². The molecule has 0 radical (unpaired) electrons. The Morgan fingerprint density at radius 2 is 2.12 bits per heavy atom. The molecular formula is C17H19F3N2O3. The van der Waals surface area contributed by atoms with Gasteiger partial charge in [0.2, 0.25) is 0 Å². The highest BCUT2D eigenvalue weighted by Gasteiger charge is 2.69. The van der Waals surface area contributed by atoms with E-state index in [-0.39, 0.29) is 28.6 Å². The van der Waals surface area contributed by atoms with Crippen LogP contribution in [0.25, 0.3) is 0 Å². The van der Waals surface area contributed by atoms with Crippen molar-refractivity contribution in [2.75, 3.05) is 7.11 Å². The second kappa shape index (κ2) is 6.01. The largest absolute Gasteiger partial charge is 0.497 e. The molecule has 0 aromatic heterocycles. The fourth-order valence-corrected chi connectivity index (χ4v) is 3.58. The molecule has 8 heteroatoms. The zero-order valence-electron chi connectivity index (χ0n) is 13.9. The van der Waals surface area contributed by atoms with Crippen LogP contribution in [0, 0.1) is 11.8 Å². The van der Waals surface area contributed by atoms with Gasteiger partial charge >= 0.3 is 6.18 Å². The Morgan fingerprint density at radius 3 is 2.76 bits per heavy atom. The second-order valence-corrected chi connectivity index (χ2v) is 6.48. The SMILES string of the molecule is COc1cccc(C(=O)N2N=C3[C@H](C)CCC[C@@H]3[C@]2(O)C(F)(F)F)c1. The predicted molar refractivity (Wildman–Crippen MR) is 84.1 cm³/mol. The molecule has 0 saturated heterocycles. The van der Waals surface area contributed by atoms with Gasteiger partial charge in [-0.15, -0.1) is 0 Å². The molecular weight excluding hydrogens is 337 g/mol. The summed E-state index contributed by atoms with van der Waals surface area (Å²) in [4.78, 5) is 12.7. The lowest BCUT2D eigenvalue weighted by atomic mass is 9.75. The summed E-state index contributed by atoms with van der Waals surface area (Å²) in [6, 6.07) is 5.76. The Hall–Kier alpha value is -2.09. The molecule has 1 aromatic carbocycles. The Bertz CT molecular complexity index is 719. The zero-order chi connectivity index (χ0) is 18.4. The number of aliphatic hydroxyl groups is 1. The van der Waals surface area contributed by atoms with E-state index >= 15 is 0 Å². The molecule has 2 aliphatic rings. The Labute approximate surface area is 143 Å². The molecule has 25 heavy (non-hydrogen) atoms. The average molecular weight is 356 g/mol. The van der Waals surface area contributed by atoms with Crippen molar-refractivity contribution in [1.29, 1.82) is 0 Å². The fourth-order valence-electron chi connectivity index (χ4n) is 3.58. The minimum atomic E-state index is -5.02. The number of hydrazone groups is 1. The minimum absolute atomic E-state index is 0.0299. The molecule has 1 aromatic rings.